The molecule has 8 heteroatoms. The molecule has 1 aliphatic heterocycles. The number of aryl methyl sites for hydroxylation is 2. The molecule has 0 unspecified atom stereocenters. The number of Topliss-reactive ketones (excluding diaryl/α,β-unsaturated/α-hetero) is 2. The van der Waals surface area contributed by atoms with Gasteiger partial charge >= 0.3 is 0 Å². The van der Waals surface area contributed by atoms with Gasteiger partial charge in [-0.25, -0.2) is 0 Å². The SMILES string of the molecule is CCN1C2=C(C(=O)CCC2)C(c2cc(Br)cc(Br)c2OCC(=O)Nc2ccc(C)cc2C)C2=C1CCCC2=O. The molecule has 2 aromatic carbocycles. The maximum Gasteiger partial charge on any atom is 0.262 e. The van der Waals surface area contributed by atoms with Crippen molar-refractivity contribution >= 4 is 55.0 Å². The van der Waals surface area contributed by atoms with Crippen LogP contribution in [0.4, 0.5) is 5.69 Å². The first-order chi connectivity index (χ1) is 18.7. The van der Waals surface area contributed by atoms with E-state index in [4.69, 9.17) is 4.74 Å². The predicted octanol–water partition coefficient (Wildman–Crippen LogP) is 7.28. The molecule has 0 saturated heterocycles. The monoisotopic (exact) mass is 654 g/mol. The molecule has 0 aromatic heterocycles. The van der Waals surface area contributed by atoms with Crippen LogP contribution < -0.4 is 10.1 Å². The molecule has 2 aromatic rings. The van der Waals surface area contributed by atoms with Gasteiger partial charge in [0.1, 0.15) is 5.75 Å². The molecular formula is C31H32Br2N2O4. The number of carbonyl (C=O) groups is 3. The molecule has 0 fully saturated rings. The third-order valence-corrected chi connectivity index (χ3v) is 8.80. The van der Waals surface area contributed by atoms with E-state index < -0.39 is 5.92 Å². The summed E-state index contributed by atoms with van der Waals surface area (Å²) >= 11 is 7.24. The van der Waals surface area contributed by atoms with Crippen molar-refractivity contribution < 1.29 is 19.1 Å². The lowest BCUT2D eigenvalue weighted by atomic mass is 9.70. The number of hydrogen-bond donors (Lipinski definition) is 1. The summed E-state index contributed by atoms with van der Waals surface area (Å²) in [6, 6.07) is 9.64. The first-order valence-corrected chi connectivity index (χ1v) is 15.1. The molecule has 1 amide bonds. The second-order valence-electron chi connectivity index (χ2n) is 10.4. The summed E-state index contributed by atoms with van der Waals surface area (Å²) in [4.78, 5) is 42.2. The number of halogens is 2. The first-order valence-electron chi connectivity index (χ1n) is 13.5. The average molecular weight is 656 g/mol. The smallest absolute Gasteiger partial charge is 0.262 e. The van der Waals surface area contributed by atoms with Gasteiger partial charge in [-0.3, -0.25) is 14.4 Å². The highest BCUT2D eigenvalue weighted by Crippen LogP contribution is 2.52. The number of anilines is 1. The van der Waals surface area contributed by atoms with Crippen LogP contribution in [0.5, 0.6) is 5.75 Å². The number of carbonyl (C=O) groups excluding carboxylic acids is 3. The maximum atomic E-state index is 13.5. The van der Waals surface area contributed by atoms with Gasteiger partial charge < -0.3 is 15.0 Å². The lowest BCUT2D eigenvalue weighted by molar-refractivity contribution is -0.119. The quantitative estimate of drug-likeness (QED) is 0.354. The molecule has 5 rings (SSSR count). The first kappa shape index (κ1) is 27.8. The van der Waals surface area contributed by atoms with Gasteiger partial charge in [-0.2, -0.15) is 0 Å². The third-order valence-electron chi connectivity index (χ3n) is 7.75. The Morgan fingerprint density at radius 2 is 1.62 bits per heavy atom. The van der Waals surface area contributed by atoms with Crippen molar-refractivity contribution in [2.75, 3.05) is 18.5 Å². The Morgan fingerprint density at radius 3 is 2.21 bits per heavy atom. The van der Waals surface area contributed by atoms with Crippen molar-refractivity contribution in [3.8, 4) is 5.75 Å². The van der Waals surface area contributed by atoms with E-state index in [1.807, 2.05) is 44.2 Å². The van der Waals surface area contributed by atoms with Crippen molar-refractivity contribution in [3.63, 3.8) is 0 Å². The van der Waals surface area contributed by atoms with E-state index in [9.17, 15) is 14.4 Å². The van der Waals surface area contributed by atoms with E-state index in [-0.39, 0.29) is 24.1 Å². The number of hydrogen-bond acceptors (Lipinski definition) is 5. The molecule has 1 heterocycles. The number of nitrogens with one attached hydrogen (secondary N) is 1. The normalized spacial score (nSPS) is 17.8. The highest BCUT2D eigenvalue weighted by atomic mass is 79.9. The molecule has 6 nitrogen and oxygen atoms in total. The zero-order valence-electron chi connectivity index (χ0n) is 22.5. The summed E-state index contributed by atoms with van der Waals surface area (Å²) in [6.07, 6.45) is 4.16. The molecule has 3 aliphatic rings. The van der Waals surface area contributed by atoms with E-state index in [0.717, 1.165) is 70.5 Å². The average Bonchev–Trinajstić information content (AvgIpc) is 2.88. The minimum Gasteiger partial charge on any atom is -0.482 e. The number of benzene rings is 2. The second-order valence-corrected chi connectivity index (χ2v) is 12.2. The Balaban J connectivity index is 1.56. The number of ether oxygens (including phenoxy) is 1. The zero-order valence-corrected chi connectivity index (χ0v) is 25.6. The lowest BCUT2D eigenvalue weighted by Crippen LogP contribution is -2.39. The lowest BCUT2D eigenvalue weighted by Gasteiger charge is -2.43. The molecular weight excluding hydrogens is 624 g/mol. The molecule has 0 atom stereocenters. The summed E-state index contributed by atoms with van der Waals surface area (Å²) in [6.45, 7) is 6.54. The molecule has 1 N–H and O–H groups in total. The second kappa shape index (κ2) is 11.4. The van der Waals surface area contributed by atoms with Gasteiger partial charge in [-0.1, -0.05) is 33.6 Å². The van der Waals surface area contributed by atoms with Crippen molar-refractivity contribution in [2.24, 2.45) is 0 Å². The van der Waals surface area contributed by atoms with Crippen LogP contribution in [0.2, 0.25) is 0 Å². The topological polar surface area (TPSA) is 75.7 Å². The molecule has 2 aliphatic carbocycles. The summed E-state index contributed by atoms with van der Waals surface area (Å²) in [5.41, 5.74) is 7.01. The van der Waals surface area contributed by atoms with Crippen LogP contribution in [0.3, 0.4) is 0 Å². The highest BCUT2D eigenvalue weighted by molar-refractivity contribution is 9.11. The number of ketones is 2. The Hall–Kier alpha value is -2.71. The van der Waals surface area contributed by atoms with Gasteiger partial charge in [-0.15, -0.1) is 0 Å². The van der Waals surface area contributed by atoms with E-state index >= 15 is 0 Å². The summed E-state index contributed by atoms with van der Waals surface area (Å²) in [5.74, 6) is -0.173. The predicted molar refractivity (Wildman–Crippen MR) is 159 cm³/mol. The van der Waals surface area contributed by atoms with E-state index in [1.54, 1.807) is 0 Å². The van der Waals surface area contributed by atoms with Crippen LogP contribution in [0.1, 0.15) is 68.1 Å². The largest absolute Gasteiger partial charge is 0.482 e. The molecule has 0 radical (unpaired) electrons. The molecule has 0 bridgehead atoms. The number of amides is 1. The van der Waals surface area contributed by atoms with Gasteiger partial charge in [0.05, 0.1) is 4.47 Å². The minimum absolute atomic E-state index is 0.0826. The van der Waals surface area contributed by atoms with Crippen LogP contribution in [0.25, 0.3) is 0 Å². The van der Waals surface area contributed by atoms with Crippen molar-refractivity contribution in [1.29, 1.82) is 0 Å². The Bertz CT molecular complexity index is 1400. The molecule has 0 saturated carbocycles. The maximum absolute atomic E-state index is 13.5. The van der Waals surface area contributed by atoms with Crippen LogP contribution in [0.15, 0.2) is 61.8 Å². The Kier molecular flexibility index (Phi) is 8.15. The van der Waals surface area contributed by atoms with Crippen LogP contribution in [-0.4, -0.2) is 35.5 Å². The van der Waals surface area contributed by atoms with Gasteiger partial charge in [0.15, 0.2) is 18.2 Å². The molecule has 39 heavy (non-hydrogen) atoms. The fraction of sp³-hybridized carbons (Fsp3) is 0.387. The minimum atomic E-state index is -0.524. The van der Waals surface area contributed by atoms with Crippen LogP contribution in [0, 0.1) is 13.8 Å². The van der Waals surface area contributed by atoms with Gasteiger partial charge in [0.2, 0.25) is 0 Å². The number of rotatable bonds is 6. The summed E-state index contributed by atoms with van der Waals surface area (Å²) < 4.78 is 7.64. The van der Waals surface area contributed by atoms with Crippen LogP contribution in [-0.2, 0) is 14.4 Å². The van der Waals surface area contributed by atoms with Crippen molar-refractivity contribution in [3.05, 3.63) is 78.5 Å². The standard InChI is InChI=1S/C31H32Br2N2O4/c1-4-35-23-7-5-9-25(36)29(23)28(30-24(35)8-6-10-26(30)37)20-14-19(32)15-21(33)31(20)39-16-27(38)34-22-12-11-17(2)13-18(22)3/h11-15,28H,4-10,16H2,1-3H3,(H,34,38). The zero-order chi connectivity index (χ0) is 27.8. The fourth-order valence-electron chi connectivity index (χ4n) is 6.13. The van der Waals surface area contributed by atoms with E-state index in [0.29, 0.717) is 34.2 Å². The molecule has 0 spiro atoms. The van der Waals surface area contributed by atoms with E-state index in [2.05, 4.69) is 49.0 Å². The third kappa shape index (κ3) is 5.38. The fourth-order valence-corrected chi connectivity index (χ4v) is 7.51. The van der Waals surface area contributed by atoms with Gasteiger partial charge in [0.25, 0.3) is 5.91 Å². The Labute approximate surface area is 246 Å². The van der Waals surface area contributed by atoms with Crippen molar-refractivity contribution in [1.82, 2.24) is 4.90 Å². The van der Waals surface area contributed by atoms with Gasteiger partial charge in [-0.05, 0) is 86.1 Å². The summed E-state index contributed by atoms with van der Waals surface area (Å²) in [7, 11) is 0. The molecule has 204 valence electrons. The highest BCUT2D eigenvalue weighted by Gasteiger charge is 2.44. The van der Waals surface area contributed by atoms with Crippen LogP contribution >= 0.6 is 31.9 Å². The number of nitrogens with zero attached hydrogens (tertiary/aromatic N) is 1. The van der Waals surface area contributed by atoms with Gasteiger partial charge in [0, 0.05) is 63.6 Å². The van der Waals surface area contributed by atoms with E-state index in [1.165, 1.54) is 0 Å². The summed E-state index contributed by atoms with van der Waals surface area (Å²) in [5, 5.41) is 2.93. The Morgan fingerprint density at radius 1 is 0.974 bits per heavy atom. The number of allylic oxidation sites excluding steroid dienone is 4. The van der Waals surface area contributed by atoms with Crippen molar-refractivity contribution in [2.45, 2.75) is 65.2 Å².